The van der Waals surface area contributed by atoms with Crippen LogP contribution in [0.5, 0.6) is 17.2 Å². The number of carbonyl (C=O) groups is 1. The van der Waals surface area contributed by atoms with Crippen molar-refractivity contribution in [3.63, 3.8) is 0 Å². The molecule has 0 radical (unpaired) electrons. The van der Waals surface area contributed by atoms with E-state index in [-0.39, 0.29) is 5.91 Å². The Kier molecular flexibility index (Phi) is 6.19. The number of nitrogens with one attached hydrogen (secondary N) is 1. The Morgan fingerprint density at radius 1 is 1.08 bits per heavy atom. The molecule has 0 aliphatic rings. The van der Waals surface area contributed by atoms with E-state index in [1.807, 2.05) is 6.92 Å². The van der Waals surface area contributed by atoms with Crippen LogP contribution >= 0.6 is 0 Å². The molecular formula is C18H20N2O4. The molecule has 0 fully saturated rings. The first-order valence-corrected chi connectivity index (χ1v) is 7.46. The number of rotatable bonds is 7. The van der Waals surface area contributed by atoms with Crippen LogP contribution in [-0.4, -0.2) is 32.9 Å². The van der Waals surface area contributed by atoms with Gasteiger partial charge in [0.1, 0.15) is 17.2 Å². The lowest BCUT2D eigenvalue weighted by Crippen LogP contribution is -2.17. The van der Waals surface area contributed by atoms with E-state index < -0.39 is 0 Å². The van der Waals surface area contributed by atoms with Crippen molar-refractivity contribution in [2.24, 2.45) is 5.10 Å². The molecule has 0 saturated carbocycles. The molecule has 0 saturated heterocycles. The number of benzene rings is 2. The molecule has 0 heterocycles. The maximum atomic E-state index is 12.1. The van der Waals surface area contributed by atoms with Gasteiger partial charge in [0.05, 0.1) is 27.0 Å². The van der Waals surface area contributed by atoms with E-state index in [0.717, 1.165) is 5.75 Å². The van der Waals surface area contributed by atoms with Gasteiger partial charge in [-0.25, -0.2) is 5.43 Å². The average Bonchev–Trinajstić information content (AvgIpc) is 2.62. The highest BCUT2D eigenvalue weighted by Crippen LogP contribution is 2.22. The van der Waals surface area contributed by atoms with Crippen molar-refractivity contribution in [3.8, 4) is 17.2 Å². The van der Waals surface area contributed by atoms with E-state index in [4.69, 9.17) is 14.2 Å². The van der Waals surface area contributed by atoms with Crippen molar-refractivity contribution in [2.45, 2.75) is 6.92 Å². The van der Waals surface area contributed by atoms with Gasteiger partial charge in [-0.2, -0.15) is 5.10 Å². The molecule has 24 heavy (non-hydrogen) atoms. The second-order valence-corrected chi connectivity index (χ2v) is 4.76. The predicted molar refractivity (Wildman–Crippen MR) is 92.2 cm³/mol. The summed E-state index contributed by atoms with van der Waals surface area (Å²) >= 11 is 0. The van der Waals surface area contributed by atoms with Crippen molar-refractivity contribution in [2.75, 3.05) is 20.8 Å². The minimum atomic E-state index is -0.309. The lowest BCUT2D eigenvalue weighted by molar-refractivity contribution is 0.0955. The van der Waals surface area contributed by atoms with Crippen LogP contribution < -0.4 is 19.6 Å². The van der Waals surface area contributed by atoms with Crippen LogP contribution in [-0.2, 0) is 0 Å². The summed E-state index contributed by atoms with van der Waals surface area (Å²) in [6, 6.07) is 12.2. The van der Waals surface area contributed by atoms with Gasteiger partial charge in [-0.3, -0.25) is 4.79 Å². The molecular weight excluding hydrogens is 308 g/mol. The number of ether oxygens (including phenoxy) is 3. The van der Waals surface area contributed by atoms with Gasteiger partial charge >= 0.3 is 0 Å². The average molecular weight is 328 g/mol. The minimum Gasteiger partial charge on any atom is -0.497 e. The summed E-state index contributed by atoms with van der Waals surface area (Å²) in [6.07, 6.45) is 1.51. The zero-order valence-electron chi connectivity index (χ0n) is 13.9. The number of nitrogens with zero attached hydrogens (tertiary/aromatic N) is 1. The zero-order valence-corrected chi connectivity index (χ0v) is 13.9. The summed E-state index contributed by atoms with van der Waals surface area (Å²) in [6.45, 7) is 2.49. The standard InChI is InChI=1S/C18H20N2O4/c1-4-24-15-7-5-13(6-8-15)18(21)20-19-12-14-11-16(22-2)9-10-17(14)23-3/h5-12H,4H2,1-3H3,(H,20,21). The summed E-state index contributed by atoms with van der Waals surface area (Å²) in [5.41, 5.74) is 3.67. The number of hydrogen-bond acceptors (Lipinski definition) is 5. The molecule has 0 unspecified atom stereocenters. The maximum Gasteiger partial charge on any atom is 0.271 e. The fourth-order valence-electron chi connectivity index (χ4n) is 2.03. The summed E-state index contributed by atoms with van der Waals surface area (Å²) in [5.74, 6) is 1.72. The number of hydrogen-bond donors (Lipinski definition) is 1. The molecule has 0 aliphatic carbocycles. The largest absolute Gasteiger partial charge is 0.497 e. The van der Waals surface area contributed by atoms with Crippen LogP contribution in [0.1, 0.15) is 22.8 Å². The smallest absolute Gasteiger partial charge is 0.271 e. The van der Waals surface area contributed by atoms with Crippen molar-refractivity contribution < 1.29 is 19.0 Å². The highest BCUT2D eigenvalue weighted by atomic mass is 16.5. The van der Waals surface area contributed by atoms with Gasteiger partial charge in [-0.15, -0.1) is 0 Å². The van der Waals surface area contributed by atoms with Gasteiger partial charge < -0.3 is 14.2 Å². The van der Waals surface area contributed by atoms with Gasteiger partial charge in [0.25, 0.3) is 5.91 Å². The molecule has 2 aromatic rings. The van der Waals surface area contributed by atoms with E-state index >= 15 is 0 Å². The van der Waals surface area contributed by atoms with Crippen LogP contribution in [0.15, 0.2) is 47.6 Å². The second-order valence-electron chi connectivity index (χ2n) is 4.76. The third kappa shape index (κ3) is 4.49. The normalized spacial score (nSPS) is 10.5. The van der Waals surface area contributed by atoms with Gasteiger partial charge in [-0.1, -0.05) is 0 Å². The minimum absolute atomic E-state index is 0.309. The SMILES string of the molecule is CCOc1ccc(C(=O)NN=Cc2cc(OC)ccc2OC)cc1. The van der Waals surface area contributed by atoms with Crippen LogP contribution in [0.25, 0.3) is 0 Å². The number of hydrazone groups is 1. The molecule has 0 aromatic heterocycles. The predicted octanol–water partition coefficient (Wildman–Crippen LogP) is 2.87. The van der Waals surface area contributed by atoms with Gasteiger partial charge in [-0.05, 0) is 49.4 Å². The van der Waals surface area contributed by atoms with Crippen LogP contribution in [0, 0.1) is 0 Å². The second kappa shape index (κ2) is 8.57. The number of amides is 1. The quantitative estimate of drug-likeness (QED) is 0.627. The molecule has 0 spiro atoms. The maximum absolute atomic E-state index is 12.1. The third-order valence-corrected chi connectivity index (χ3v) is 3.23. The fraction of sp³-hybridized carbons (Fsp3) is 0.222. The van der Waals surface area contributed by atoms with E-state index in [1.54, 1.807) is 56.7 Å². The van der Waals surface area contributed by atoms with Crippen molar-refractivity contribution in [3.05, 3.63) is 53.6 Å². The van der Waals surface area contributed by atoms with E-state index in [9.17, 15) is 4.79 Å². The van der Waals surface area contributed by atoms with Crippen LogP contribution in [0.2, 0.25) is 0 Å². The monoisotopic (exact) mass is 328 g/mol. The Morgan fingerprint density at radius 3 is 2.42 bits per heavy atom. The molecule has 1 N–H and O–H groups in total. The first-order chi connectivity index (χ1) is 11.7. The first kappa shape index (κ1) is 17.3. The summed E-state index contributed by atoms with van der Waals surface area (Å²) < 4.78 is 15.8. The Hall–Kier alpha value is -3.02. The Morgan fingerprint density at radius 2 is 1.79 bits per heavy atom. The molecule has 1 amide bonds. The lowest BCUT2D eigenvalue weighted by atomic mass is 10.2. The van der Waals surface area contributed by atoms with Crippen molar-refractivity contribution >= 4 is 12.1 Å². The van der Waals surface area contributed by atoms with Crippen molar-refractivity contribution in [1.29, 1.82) is 0 Å². The topological polar surface area (TPSA) is 69.2 Å². The Labute approximate surface area is 141 Å². The lowest BCUT2D eigenvalue weighted by Gasteiger charge is -2.07. The molecule has 0 aliphatic heterocycles. The molecule has 6 heteroatoms. The molecule has 2 aromatic carbocycles. The van der Waals surface area contributed by atoms with Gasteiger partial charge in [0.2, 0.25) is 0 Å². The molecule has 6 nitrogen and oxygen atoms in total. The van der Waals surface area contributed by atoms with Gasteiger partial charge in [0, 0.05) is 11.1 Å². The third-order valence-electron chi connectivity index (χ3n) is 3.23. The highest BCUT2D eigenvalue weighted by molar-refractivity contribution is 5.95. The number of methoxy groups -OCH3 is 2. The number of carbonyl (C=O) groups excluding carboxylic acids is 1. The van der Waals surface area contributed by atoms with E-state index in [0.29, 0.717) is 29.2 Å². The fourth-order valence-corrected chi connectivity index (χ4v) is 2.03. The summed E-state index contributed by atoms with van der Waals surface area (Å²) in [7, 11) is 3.15. The van der Waals surface area contributed by atoms with Crippen molar-refractivity contribution in [1.82, 2.24) is 5.43 Å². The molecule has 2 rings (SSSR count). The summed E-state index contributed by atoms with van der Waals surface area (Å²) in [5, 5.41) is 3.97. The first-order valence-electron chi connectivity index (χ1n) is 7.46. The Balaban J connectivity index is 2.04. The zero-order chi connectivity index (χ0) is 17.4. The molecule has 126 valence electrons. The molecule has 0 atom stereocenters. The van der Waals surface area contributed by atoms with Crippen LogP contribution in [0.4, 0.5) is 0 Å². The summed E-state index contributed by atoms with van der Waals surface area (Å²) in [4.78, 5) is 12.1. The van der Waals surface area contributed by atoms with Crippen LogP contribution in [0.3, 0.4) is 0 Å². The molecule has 0 bridgehead atoms. The van der Waals surface area contributed by atoms with E-state index in [1.165, 1.54) is 6.21 Å². The Bertz CT molecular complexity index is 711. The highest BCUT2D eigenvalue weighted by Gasteiger charge is 2.05. The van der Waals surface area contributed by atoms with Gasteiger partial charge in [0.15, 0.2) is 0 Å². The van der Waals surface area contributed by atoms with E-state index in [2.05, 4.69) is 10.5 Å².